The summed E-state index contributed by atoms with van der Waals surface area (Å²) in [5.74, 6) is 0. The second kappa shape index (κ2) is 12.0. The van der Waals surface area contributed by atoms with Gasteiger partial charge in [0.1, 0.15) is 0 Å². The molecule has 0 aromatic heterocycles. The van der Waals surface area contributed by atoms with Gasteiger partial charge in [-0.25, -0.2) is 0 Å². The molecule has 0 amide bonds. The van der Waals surface area contributed by atoms with Crippen molar-refractivity contribution in [3.05, 3.63) is 177 Å². The first-order chi connectivity index (χ1) is 23.7. The van der Waals surface area contributed by atoms with Gasteiger partial charge in [0, 0.05) is 5.41 Å². The topological polar surface area (TPSA) is 0 Å². The van der Waals surface area contributed by atoms with Gasteiger partial charge in [-0.05, 0) is 130 Å². The zero-order valence-electron chi connectivity index (χ0n) is 29.6. The monoisotopic (exact) mass is 632 g/mol. The maximum absolute atomic E-state index is 2.52. The minimum Gasteiger partial charge on any atom is -0.0617 e. The lowest BCUT2D eigenvalue weighted by atomic mass is 9.75. The zero-order valence-corrected chi connectivity index (χ0v) is 29.6. The van der Waals surface area contributed by atoms with E-state index in [2.05, 4.69) is 175 Å². The van der Waals surface area contributed by atoms with E-state index in [-0.39, 0.29) is 5.41 Å². The molecule has 6 aromatic rings. The second-order valence-electron chi connectivity index (χ2n) is 14.7. The predicted molar refractivity (Wildman–Crippen MR) is 211 cm³/mol. The minimum absolute atomic E-state index is 0.0785. The Hall–Kier alpha value is -5.20. The Bertz CT molecular complexity index is 2130. The van der Waals surface area contributed by atoms with Crippen LogP contribution in [0.4, 0.5) is 0 Å². The molecule has 0 atom stereocenters. The number of rotatable bonds is 6. The molecule has 0 N–H and O–H groups in total. The van der Waals surface area contributed by atoms with Gasteiger partial charge < -0.3 is 0 Å². The van der Waals surface area contributed by atoms with Gasteiger partial charge >= 0.3 is 0 Å². The van der Waals surface area contributed by atoms with Gasteiger partial charge in [-0.1, -0.05) is 158 Å². The van der Waals surface area contributed by atoms with Crippen molar-refractivity contribution in [1.29, 1.82) is 0 Å². The Balaban J connectivity index is 1.19. The third-order valence-corrected chi connectivity index (χ3v) is 11.3. The molecule has 2 aliphatic carbocycles. The van der Waals surface area contributed by atoms with E-state index in [1.54, 1.807) is 0 Å². The first-order valence-electron chi connectivity index (χ1n) is 17.7. The molecule has 49 heavy (non-hydrogen) atoms. The molecule has 0 saturated heterocycles. The van der Waals surface area contributed by atoms with Crippen LogP contribution in [0, 0.1) is 33.1 Å². The van der Waals surface area contributed by atoms with Crippen LogP contribution in [0.1, 0.15) is 58.4 Å². The van der Waals surface area contributed by atoms with Crippen LogP contribution < -0.4 is 0 Å². The van der Waals surface area contributed by atoms with Crippen LogP contribution in [0.5, 0.6) is 0 Å². The van der Waals surface area contributed by atoms with Crippen LogP contribution in [-0.4, -0.2) is 0 Å². The molecule has 0 aliphatic heterocycles. The molecule has 0 heteroatoms. The van der Waals surface area contributed by atoms with Gasteiger partial charge in [0.05, 0.1) is 0 Å². The molecule has 0 radical (unpaired) electrons. The number of hydrogen-bond acceptors (Lipinski definition) is 0. The fraction of sp³-hybridized carbons (Fsp3) is 0.184. The van der Waals surface area contributed by atoms with Crippen molar-refractivity contribution in [2.24, 2.45) is 5.41 Å². The largest absolute Gasteiger partial charge is 0.0617 e. The van der Waals surface area contributed by atoms with E-state index in [1.165, 1.54) is 100 Å². The molecule has 0 unspecified atom stereocenters. The fourth-order valence-corrected chi connectivity index (χ4v) is 8.57. The Morgan fingerprint density at radius 2 is 0.694 bits per heavy atom. The molecule has 0 saturated carbocycles. The molecule has 8 rings (SSSR count). The van der Waals surface area contributed by atoms with E-state index in [0.29, 0.717) is 0 Å². The van der Waals surface area contributed by atoms with Crippen LogP contribution in [0.15, 0.2) is 132 Å². The minimum atomic E-state index is -0.0785. The number of allylic oxidation sites excluding steroid dienone is 2. The average Bonchev–Trinajstić information content (AvgIpc) is 3.75. The Morgan fingerprint density at radius 3 is 1.08 bits per heavy atom. The number of benzene rings is 6. The number of hydrogen-bond donors (Lipinski definition) is 0. The zero-order chi connectivity index (χ0) is 33.9. The standard InChI is InChI=1S/C49H44/c1-31-15-11-16-32(2)47(31)43-23-9-7-21-39(43)41-25-13-19-35-27-37(29-45(35)41)49(5,6)38-28-36-20-14-26-42(46(36)30-38)40-22-8-10-24-44(40)48-33(3)17-12-18-34(48)4/h7-26,29-30H,27-28H2,1-6H3. The quantitative estimate of drug-likeness (QED) is 0.171. The molecule has 0 heterocycles. The summed E-state index contributed by atoms with van der Waals surface area (Å²) >= 11 is 0. The summed E-state index contributed by atoms with van der Waals surface area (Å²) in [6, 6.07) is 45.0. The molecule has 0 fully saturated rings. The first kappa shape index (κ1) is 31.1. The summed E-state index contributed by atoms with van der Waals surface area (Å²) in [6.45, 7) is 13.8. The molecule has 0 bridgehead atoms. The van der Waals surface area contributed by atoms with Gasteiger partial charge in [0.25, 0.3) is 0 Å². The molecule has 2 aliphatic rings. The predicted octanol–water partition coefficient (Wildman–Crippen LogP) is 13.2. The number of aryl methyl sites for hydroxylation is 4. The van der Waals surface area contributed by atoms with Crippen molar-refractivity contribution < 1.29 is 0 Å². The lowest BCUT2D eigenvalue weighted by Gasteiger charge is -2.28. The van der Waals surface area contributed by atoms with Crippen LogP contribution in [0.3, 0.4) is 0 Å². The third-order valence-electron chi connectivity index (χ3n) is 11.3. The van der Waals surface area contributed by atoms with Crippen molar-refractivity contribution in [1.82, 2.24) is 0 Å². The molecular formula is C49H44. The maximum Gasteiger partial charge on any atom is 0.00773 e. The van der Waals surface area contributed by atoms with Crippen LogP contribution >= 0.6 is 0 Å². The highest BCUT2D eigenvalue weighted by Gasteiger charge is 2.35. The fourth-order valence-electron chi connectivity index (χ4n) is 8.57. The smallest absolute Gasteiger partial charge is 0.00773 e. The van der Waals surface area contributed by atoms with E-state index in [9.17, 15) is 0 Å². The van der Waals surface area contributed by atoms with Gasteiger partial charge in [0.15, 0.2) is 0 Å². The molecule has 0 nitrogen and oxygen atoms in total. The van der Waals surface area contributed by atoms with E-state index in [4.69, 9.17) is 0 Å². The van der Waals surface area contributed by atoms with Crippen molar-refractivity contribution in [2.75, 3.05) is 0 Å². The maximum atomic E-state index is 2.52. The number of fused-ring (bicyclic) bond motifs is 2. The highest BCUT2D eigenvalue weighted by atomic mass is 14.4. The first-order valence-corrected chi connectivity index (χ1v) is 17.7. The van der Waals surface area contributed by atoms with E-state index in [1.807, 2.05) is 0 Å². The molecule has 0 spiro atoms. The van der Waals surface area contributed by atoms with Crippen LogP contribution in [0.25, 0.3) is 56.7 Å². The lowest BCUT2D eigenvalue weighted by Crippen LogP contribution is -2.18. The van der Waals surface area contributed by atoms with E-state index in [0.717, 1.165) is 12.8 Å². The lowest BCUT2D eigenvalue weighted by molar-refractivity contribution is 0.526. The van der Waals surface area contributed by atoms with E-state index < -0.39 is 0 Å². The Labute approximate surface area is 292 Å². The van der Waals surface area contributed by atoms with Gasteiger partial charge in [-0.15, -0.1) is 0 Å². The molecule has 240 valence electrons. The van der Waals surface area contributed by atoms with Crippen molar-refractivity contribution in [3.63, 3.8) is 0 Å². The van der Waals surface area contributed by atoms with Crippen molar-refractivity contribution in [3.8, 4) is 44.5 Å². The highest BCUT2D eigenvalue weighted by molar-refractivity contribution is 5.93. The van der Waals surface area contributed by atoms with Gasteiger partial charge in [0.2, 0.25) is 0 Å². The Kier molecular flexibility index (Phi) is 7.64. The van der Waals surface area contributed by atoms with Crippen molar-refractivity contribution >= 4 is 12.2 Å². The van der Waals surface area contributed by atoms with Crippen LogP contribution in [-0.2, 0) is 12.8 Å². The third kappa shape index (κ3) is 5.22. The normalized spacial score (nSPS) is 13.6. The summed E-state index contributed by atoms with van der Waals surface area (Å²) in [7, 11) is 0. The Morgan fingerprint density at radius 1 is 0.367 bits per heavy atom. The second-order valence-corrected chi connectivity index (χ2v) is 14.7. The average molecular weight is 633 g/mol. The SMILES string of the molecule is Cc1cccc(C)c1-c1ccccc1-c1cccc2c1C=C(C(C)(C)C1=Cc3c(cccc3-c3ccccc3-c3c(C)cccc3C)C1)C2. The van der Waals surface area contributed by atoms with Gasteiger partial charge in [-0.2, -0.15) is 0 Å². The summed E-state index contributed by atoms with van der Waals surface area (Å²) in [6.07, 6.45) is 7.01. The van der Waals surface area contributed by atoms with Gasteiger partial charge in [-0.3, -0.25) is 0 Å². The molecular weight excluding hydrogens is 589 g/mol. The summed E-state index contributed by atoms with van der Waals surface area (Å²) < 4.78 is 0. The van der Waals surface area contributed by atoms with Crippen molar-refractivity contribution in [2.45, 2.75) is 54.4 Å². The van der Waals surface area contributed by atoms with E-state index >= 15 is 0 Å². The highest BCUT2D eigenvalue weighted by Crippen LogP contribution is 2.50. The molecule has 6 aromatic carbocycles. The summed E-state index contributed by atoms with van der Waals surface area (Å²) in [5, 5.41) is 0. The summed E-state index contributed by atoms with van der Waals surface area (Å²) in [5.41, 5.74) is 24.4. The van der Waals surface area contributed by atoms with Crippen LogP contribution in [0.2, 0.25) is 0 Å². The summed E-state index contributed by atoms with van der Waals surface area (Å²) in [4.78, 5) is 0.